The Morgan fingerprint density at radius 2 is 1.97 bits per heavy atom. The van der Waals surface area contributed by atoms with E-state index in [9.17, 15) is 9.59 Å². The molecule has 1 atom stereocenters. The number of carbonyl (C=O) groups excluding carboxylic acids is 2. The Bertz CT molecular complexity index is 725. The van der Waals surface area contributed by atoms with E-state index in [1.165, 1.54) is 0 Å². The van der Waals surface area contributed by atoms with Crippen molar-refractivity contribution in [2.45, 2.75) is 72.5 Å². The predicted octanol–water partition coefficient (Wildman–Crippen LogP) is 4.44. The molecule has 1 fully saturated rings. The van der Waals surface area contributed by atoms with Crippen molar-refractivity contribution in [1.29, 1.82) is 0 Å². The van der Waals surface area contributed by atoms with E-state index >= 15 is 0 Å². The summed E-state index contributed by atoms with van der Waals surface area (Å²) >= 11 is 0. The molecule has 1 N–H and O–H groups in total. The molecule has 1 saturated heterocycles. The van der Waals surface area contributed by atoms with Crippen LogP contribution in [-0.2, 0) is 9.47 Å². The smallest absolute Gasteiger partial charge is 0.410 e. The molecule has 0 unspecified atom stereocenters. The van der Waals surface area contributed by atoms with Gasteiger partial charge in [-0.3, -0.25) is 0 Å². The van der Waals surface area contributed by atoms with E-state index in [1.54, 1.807) is 11.1 Å². The van der Waals surface area contributed by atoms with E-state index in [0.29, 0.717) is 31.0 Å². The van der Waals surface area contributed by atoms with Crippen LogP contribution in [0.25, 0.3) is 0 Å². The first-order chi connectivity index (χ1) is 13.5. The highest BCUT2D eigenvalue weighted by Gasteiger charge is 2.30. The predicted molar refractivity (Wildman–Crippen MR) is 113 cm³/mol. The summed E-state index contributed by atoms with van der Waals surface area (Å²) in [5, 5.41) is 3.32. The Morgan fingerprint density at radius 3 is 2.55 bits per heavy atom. The van der Waals surface area contributed by atoms with E-state index < -0.39 is 5.60 Å². The van der Waals surface area contributed by atoms with Gasteiger partial charge in [0.25, 0.3) is 0 Å². The first kappa shape index (κ1) is 23.0. The molecule has 0 radical (unpaired) electrons. The van der Waals surface area contributed by atoms with Crippen LogP contribution in [0.2, 0.25) is 0 Å². The lowest BCUT2D eigenvalue weighted by molar-refractivity contribution is 0.0288. The molecule has 0 aromatic carbocycles. The second-order valence-corrected chi connectivity index (χ2v) is 9.19. The number of anilines is 1. The lowest BCUT2D eigenvalue weighted by atomic mass is 9.98. The largest absolute Gasteiger partial charge is 0.459 e. The number of amides is 1. The van der Waals surface area contributed by atoms with Gasteiger partial charge in [0.05, 0.1) is 6.10 Å². The molecule has 1 aliphatic heterocycles. The van der Waals surface area contributed by atoms with Crippen LogP contribution in [0, 0.1) is 5.92 Å². The number of rotatable bonds is 6. The first-order valence-corrected chi connectivity index (χ1v) is 10.4. The number of esters is 1. The van der Waals surface area contributed by atoms with Crippen molar-refractivity contribution in [3.63, 3.8) is 0 Å². The number of ether oxygens (including phenoxy) is 2. The molecule has 1 aromatic heterocycles. The van der Waals surface area contributed by atoms with Gasteiger partial charge in [-0.05, 0) is 64.5 Å². The SMILES string of the molecule is CC(C)OC(=O)c1c(C(C)C)ccnc1NC[C@H]1CCN(C(=O)OC(C)(C)C)C1. The van der Waals surface area contributed by atoms with Gasteiger partial charge in [0.2, 0.25) is 0 Å². The summed E-state index contributed by atoms with van der Waals surface area (Å²) in [5.74, 6) is 0.613. The third kappa shape index (κ3) is 6.61. The fraction of sp³-hybridized carbons (Fsp3) is 0.682. The molecule has 1 aliphatic rings. The lowest BCUT2D eigenvalue weighted by Crippen LogP contribution is -2.35. The molecular weight excluding hydrogens is 370 g/mol. The number of nitrogens with zero attached hydrogens (tertiary/aromatic N) is 2. The molecule has 2 heterocycles. The Balaban J connectivity index is 2.06. The van der Waals surface area contributed by atoms with Gasteiger partial charge in [-0.2, -0.15) is 0 Å². The lowest BCUT2D eigenvalue weighted by Gasteiger charge is -2.24. The van der Waals surface area contributed by atoms with Crippen LogP contribution in [0.15, 0.2) is 12.3 Å². The van der Waals surface area contributed by atoms with Gasteiger partial charge in [-0.15, -0.1) is 0 Å². The van der Waals surface area contributed by atoms with E-state index in [2.05, 4.69) is 10.3 Å². The highest BCUT2D eigenvalue weighted by molar-refractivity contribution is 5.96. The minimum atomic E-state index is -0.500. The summed E-state index contributed by atoms with van der Waals surface area (Å²) in [6.45, 7) is 15.3. The number of nitrogens with one attached hydrogen (secondary N) is 1. The van der Waals surface area contributed by atoms with Crippen molar-refractivity contribution in [1.82, 2.24) is 9.88 Å². The molecule has 0 spiro atoms. The van der Waals surface area contributed by atoms with Gasteiger partial charge >= 0.3 is 12.1 Å². The third-order valence-corrected chi connectivity index (χ3v) is 4.65. The maximum Gasteiger partial charge on any atom is 0.410 e. The Morgan fingerprint density at radius 1 is 1.28 bits per heavy atom. The van der Waals surface area contributed by atoms with E-state index in [1.807, 2.05) is 54.5 Å². The molecule has 7 heteroatoms. The van der Waals surface area contributed by atoms with Gasteiger partial charge < -0.3 is 19.7 Å². The summed E-state index contributed by atoms with van der Waals surface area (Å²) in [6.07, 6.45) is 2.11. The van der Waals surface area contributed by atoms with Crippen LogP contribution in [0.3, 0.4) is 0 Å². The summed E-state index contributed by atoms with van der Waals surface area (Å²) in [7, 11) is 0. The molecule has 0 bridgehead atoms. The van der Waals surface area contributed by atoms with Crippen LogP contribution in [0.5, 0.6) is 0 Å². The van der Waals surface area contributed by atoms with Crippen molar-refractivity contribution >= 4 is 17.9 Å². The second kappa shape index (κ2) is 9.46. The highest BCUT2D eigenvalue weighted by atomic mass is 16.6. The van der Waals surface area contributed by atoms with Crippen LogP contribution in [-0.4, -0.2) is 53.3 Å². The van der Waals surface area contributed by atoms with E-state index in [4.69, 9.17) is 9.47 Å². The Hall–Kier alpha value is -2.31. The molecule has 7 nitrogen and oxygen atoms in total. The van der Waals surface area contributed by atoms with E-state index in [-0.39, 0.29) is 30.0 Å². The Labute approximate surface area is 174 Å². The monoisotopic (exact) mass is 405 g/mol. The number of hydrogen-bond acceptors (Lipinski definition) is 6. The summed E-state index contributed by atoms with van der Waals surface area (Å²) < 4.78 is 10.9. The topological polar surface area (TPSA) is 80.8 Å². The molecule has 0 saturated carbocycles. The van der Waals surface area contributed by atoms with Crippen LogP contribution >= 0.6 is 0 Å². The number of aromatic nitrogens is 1. The molecule has 1 amide bonds. The molecular formula is C22H35N3O4. The fourth-order valence-corrected chi connectivity index (χ4v) is 3.31. The average molecular weight is 406 g/mol. The number of pyridine rings is 1. The van der Waals surface area contributed by atoms with Gasteiger partial charge in [0, 0.05) is 25.8 Å². The van der Waals surface area contributed by atoms with E-state index in [0.717, 1.165) is 12.0 Å². The minimum Gasteiger partial charge on any atom is -0.459 e. The summed E-state index contributed by atoms with van der Waals surface area (Å²) in [6, 6.07) is 1.87. The number of likely N-dealkylation sites (tertiary alicyclic amines) is 1. The standard InChI is InChI=1S/C22H35N3O4/c1-14(2)17-8-10-23-19(18(17)20(26)28-15(3)4)24-12-16-9-11-25(13-16)21(27)29-22(5,6)7/h8,10,14-16H,9,11-13H2,1-7H3,(H,23,24)/t16-/m1/s1. The van der Waals surface area contributed by atoms with Crippen LogP contribution in [0.1, 0.15) is 76.7 Å². The zero-order valence-corrected chi connectivity index (χ0v) is 18.7. The fourth-order valence-electron chi connectivity index (χ4n) is 3.31. The van der Waals surface area contributed by atoms with Crippen molar-refractivity contribution in [2.75, 3.05) is 25.0 Å². The molecule has 29 heavy (non-hydrogen) atoms. The van der Waals surface area contributed by atoms with Crippen molar-refractivity contribution in [3.05, 3.63) is 23.4 Å². The van der Waals surface area contributed by atoms with Gasteiger partial charge in [0.1, 0.15) is 17.0 Å². The van der Waals surface area contributed by atoms with Crippen LogP contribution < -0.4 is 5.32 Å². The maximum absolute atomic E-state index is 12.7. The normalized spacial score (nSPS) is 17.0. The second-order valence-electron chi connectivity index (χ2n) is 9.19. The minimum absolute atomic E-state index is 0.169. The summed E-state index contributed by atoms with van der Waals surface area (Å²) in [5.41, 5.74) is 0.911. The molecule has 1 aromatic rings. The number of hydrogen-bond donors (Lipinski definition) is 1. The Kier molecular flexibility index (Phi) is 7.49. The first-order valence-electron chi connectivity index (χ1n) is 10.4. The van der Waals surface area contributed by atoms with Crippen molar-refractivity contribution in [3.8, 4) is 0 Å². The highest BCUT2D eigenvalue weighted by Crippen LogP contribution is 2.27. The molecule has 2 rings (SSSR count). The average Bonchev–Trinajstić information content (AvgIpc) is 3.06. The summed E-state index contributed by atoms with van der Waals surface area (Å²) in [4.78, 5) is 31.1. The number of carbonyl (C=O) groups is 2. The van der Waals surface area contributed by atoms with Gasteiger partial charge in [-0.25, -0.2) is 14.6 Å². The van der Waals surface area contributed by atoms with Crippen molar-refractivity contribution in [2.24, 2.45) is 5.92 Å². The van der Waals surface area contributed by atoms with Crippen molar-refractivity contribution < 1.29 is 19.1 Å². The molecule has 162 valence electrons. The third-order valence-electron chi connectivity index (χ3n) is 4.65. The maximum atomic E-state index is 12.7. The van der Waals surface area contributed by atoms with Gasteiger partial charge in [-0.1, -0.05) is 13.8 Å². The van der Waals surface area contributed by atoms with Crippen LogP contribution in [0.4, 0.5) is 10.6 Å². The van der Waals surface area contributed by atoms with Gasteiger partial charge in [0.15, 0.2) is 0 Å². The quantitative estimate of drug-likeness (QED) is 0.705. The zero-order chi connectivity index (χ0) is 21.8. The molecule has 0 aliphatic carbocycles. The zero-order valence-electron chi connectivity index (χ0n) is 18.7.